The average molecular weight is 296 g/mol. The van der Waals surface area contributed by atoms with Gasteiger partial charge in [-0.3, -0.25) is 4.79 Å². The third kappa shape index (κ3) is 3.48. The Labute approximate surface area is 124 Å². The Kier molecular flexibility index (Phi) is 4.06. The number of amides is 2. The minimum atomic E-state index is -0.783. The molecule has 0 aromatic carbocycles. The predicted molar refractivity (Wildman–Crippen MR) is 75.9 cm³/mol. The number of rotatable bonds is 6. The van der Waals surface area contributed by atoms with Gasteiger partial charge in [-0.15, -0.1) is 0 Å². The number of carboxylic acids is 1. The number of carboxylic acid groups (broad SMARTS) is 1. The van der Waals surface area contributed by atoms with Gasteiger partial charge in [0.05, 0.1) is 18.6 Å². The second kappa shape index (κ2) is 5.83. The molecular weight excluding hydrogens is 272 g/mol. The van der Waals surface area contributed by atoms with E-state index in [0.29, 0.717) is 12.5 Å². The standard InChI is InChI=1S/C15H24N2O4/c18-12(19)8-15(5-1-6-15)9-16-14(20)17-11-4-7-21-13(11)10-2-3-10/h10-11,13H,1-9H2,(H,18,19)(H2,16,17,20). The van der Waals surface area contributed by atoms with Gasteiger partial charge < -0.3 is 20.5 Å². The number of hydrogen-bond acceptors (Lipinski definition) is 3. The molecule has 6 nitrogen and oxygen atoms in total. The Balaban J connectivity index is 1.44. The van der Waals surface area contributed by atoms with Gasteiger partial charge in [0.1, 0.15) is 0 Å². The summed E-state index contributed by atoms with van der Waals surface area (Å²) in [7, 11) is 0. The first kappa shape index (κ1) is 14.6. The van der Waals surface area contributed by atoms with E-state index in [9.17, 15) is 9.59 Å². The van der Waals surface area contributed by atoms with Crippen LogP contribution >= 0.6 is 0 Å². The van der Waals surface area contributed by atoms with Gasteiger partial charge in [0.25, 0.3) is 0 Å². The Morgan fingerprint density at radius 1 is 1.24 bits per heavy atom. The van der Waals surface area contributed by atoms with E-state index in [4.69, 9.17) is 9.84 Å². The molecular formula is C15H24N2O4. The highest BCUT2D eigenvalue weighted by molar-refractivity contribution is 5.74. The van der Waals surface area contributed by atoms with Crippen LogP contribution in [0.1, 0.15) is 44.9 Å². The van der Waals surface area contributed by atoms with Crippen LogP contribution in [0.3, 0.4) is 0 Å². The lowest BCUT2D eigenvalue weighted by Crippen LogP contribution is -2.50. The summed E-state index contributed by atoms with van der Waals surface area (Å²) < 4.78 is 5.70. The molecule has 3 N–H and O–H groups in total. The van der Waals surface area contributed by atoms with Crippen molar-refractivity contribution in [3.05, 3.63) is 0 Å². The van der Waals surface area contributed by atoms with Crippen LogP contribution in [0.15, 0.2) is 0 Å². The molecule has 0 spiro atoms. The van der Waals surface area contributed by atoms with Gasteiger partial charge in [0.15, 0.2) is 0 Å². The largest absolute Gasteiger partial charge is 0.481 e. The molecule has 0 radical (unpaired) electrons. The number of hydrogen-bond donors (Lipinski definition) is 3. The fourth-order valence-electron chi connectivity index (χ4n) is 3.56. The van der Waals surface area contributed by atoms with E-state index in [1.165, 1.54) is 12.8 Å². The first-order chi connectivity index (χ1) is 10.1. The topological polar surface area (TPSA) is 87.7 Å². The number of nitrogens with one attached hydrogen (secondary N) is 2. The second-order valence-corrected chi connectivity index (χ2v) is 6.82. The Morgan fingerprint density at radius 3 is 2.57 bits per heavy atom. The summed E-state index contributed by atoms with van der Waals surface area (Å²) in [4.78, 5) is 22.9. The predicted octanol–water partition coefficient (Wildman–Crippen LogP) is 1.50. The summed E-state index contributed by atoms with van der Waals surface area (Å²) in [5.41, 5.74) is -0.231. The van der Waals surface area contributed by atoms with Gasteiger partial charge in [0, 0.05) is 13.2 Å². The molecule has 2 amide bonds. The summed E-state index contributed by atoms with van der Waals surface area (Å²) in [6, 6.07) is -0.0814. The summed E-state index contributed by atoms with van der Waals surface area (Å²) >= 11 is 0. The summed E-state index contributed by atoms with van der Waals surface area (Å²) in [5, 5.41) is 14.8. The van der Waals surface area contributed by atoms with E-state index in [1.807, 2.05) is 0 Å². The van der Waals surface area contributed by atoms with E-state index in [0.717, 1.165) is 32.3 Å². The van der Waals surface area contributed by atoms with Gasteiger partial charge in [-0.05, 0) is 43.4 Å². The van der Waals surface area contributed by atoms with Crippen molar-refractivity contribution >= 4 is 12.0 Å². The van der Waals surface area contributed by atoms with Gasteiger partial charge >= 0.3 is 12.0 Å². The van der Waals surface area contributed by atoms with E-state index in [1.54, 1.807) is 0 Å². The Morgan fingerprint density at radius 2 is 2.00 bits per heavy atom. The van der Waals surface area contributed by atoms with Gasteiger partial charge in [0.2, 0.25) is 0 Å². The van der Waals surface area contributed by atoms with E-state index >= 15 is 0 Å². The second-order valence-electron chi connectivity index (χ2n) is 6.82. The van der Waals surface area contributed by atoms with Crippen molar-refractivity contribution in [2.24, 2.45) is 11.3 Å². The molecule has 0 aromatic heterocycles. The monoisotopic (exact) mass is 296 g/mol. The third-order valence-electron chi connectivity index (χ3n) is 5.10. The summed E-state index contributed by atoms with van der Waals surface area (Å²) in [6.07, 6.45) is 6.41. The SMILES string of the molecule is O=C(O)CC1(CNC(=O)NC2CCOC2C2CC2)CCC1. The van der Waals surface area contributed by atoms with Crippen LogP contribution in [0.2, 0.25) is 0 Å². The minimum absolute atomic E-state index is 0.106. The number of aliphatic carboxylic acids is 1. The maximum Gasteiger partial charge on any atom is 0.315 e. The maximum absolute atomic E-state index is 12.0. The molecule has 3 aliphatic rings. The highest BCUT2D eigenvalue weighted by Crippen LogP contribution is 2.43. The molecule has 2 aliphatic carbocycles. The van der Waals surface area contributed by atoms with Crippen molar-refractivity contribution in [2.75, 3.05) is 13.2 Å². The number of ether oxygens (including phenoxy) is 1. The van der Waals surface area contributed by atoms with Gasteiger partial charge in [-0.1, -0.05) is 6.42 Å². The molecule has 2 saturated carbocycles. The zero-order valence-electron chi connectivity index (χ0n) is 12.3. The van der Waals surface area contributed by atoms with Crippen molar-refractivity contribution in [3.63, 3.8) is 0 Å². The van der Waals surface area contributed by atoms with Crippen LogP contribution in [0.4, 0.5) is 4.79 Å². The van der Waals surface area contributed by atoms with Crippen molar-refractivity contribution in [1.82, 2.24) is 10.6 Å². The molecule has 21 heavy (non-hydrogen) atoms. The van der Waals surface area contributed by atoms with E-state index in [2.05, 4.69) is 10.6 Å². The third-order valence-corrected chi connectivity index (χ3v) is 5.10. The molecule has 118 valence electrons. The maximum atomic E-state index is 12.0. The molecule has 3 fully saturated rings. The van der Waals surface area contributed by atoms with Crippen molar-refractivity contribution in [1.29, 1.82) is 0 Å². The number of urea groups is 1. The molecule has 2 unspecified atom stereocenters. The first-order valence-electron chi connectivity index (χ1n) is 7.96. The Bertz CT molecular complexity index is 418. The smallest absolute Gasteiger partial charge is 0.315 e. The van der Waals surface area contributed by atoms with Crippen LogP contribution in [0.25, 0.3) is 0 Å². The summed E-state index contributed by atoms with van der Waals surface area (Å²) in [5.74, 6) is -0.169. The fourth-order valence-corrected chi connectivity index (χ4v) is 3.56. The van der Waals surface area contributed by atoms with Gasteiger partial charge in [-0.25, -0.2) is 4.79 Å². The van der Waals surface area contributed by atoms with Crippen molar-refractivity contribution in [2.45, 2.75) is 57.1 Å². The fraction of sp³-hybridized carbons (Fsp3) is 0.867. The van der Waals surface area contributed by atoms with Crippen LogP contribution in [0, 0.1) is 11.3 Å². The molecule has 0 aromatic rings. The zero-order valence-corrected chi connectivity index (χ0v) is 12.3. The van der Waals surface area contributed by atoms with Gasteiger partial charge in [-0.2, -0.15) is 0 Å². The van der Waals surface area contributed by atoms with Crippen LogP contribution in [-0.4, -0.2) is 42.4 Å². The van der Waals surface area contributed by atoms with Crippen molar-refractivity contribution in [3.8, 4) is 0 Å². The molecule has 3 rings (SSSR count). The summed E-state index contributed by atoms with van der Waals surface area (Å²) in [6.45, 7) is 1.17. The number of carbonyl (C=O) groups is 2. The lowest BCUT2D eigenvalue weighted by molar-refractivity contribution is -0.141. The highest BCUT2D eigenvalue weighted by atomic mass is 16.5. The average Bonchev–Trinajstić information content (AvgIpc) is 3.13. The first-order valence-corrected chi connectivity index (χ1v) is 7.96. The molecule has 1 saturated heterocycles. The Hall–Kier alpha value is -1.30. The van der Waals surface area contributed by atoms with Crippen LogP contribution < -0.4 is 10.6 Å². The highest BCUT2D eigenvalue weighted by Gasteiger charge is 2.42. The quantitative estimate of drug-likeness (QED) is 0.693. The molecule has 1 heterocycles. The minimum Gasteiger partial charge on any atom is -0.481 e. The lowest BCUT2D eigenvalue weighted by atomic mass is 9.66. The molecule has 2 atom stereocenters. The molecule has 6 heteroatoms. The van der Waals surface area contributed by atoms with Crippen molar-refractivity contribution < 1.29 is 19.4 Å². The molecule has 0 bridgehead atoms. The van der Waals surface area contributed by atoms with E-state index in [-0.39, 0.29) is 30.0 Å². The number of carbonyl (C=O) groups excluding carboxylic acids is 1. The van der Waals surface area contributed by atoms with Crippen LogP contribution in [0.5, 0.6) is 0 Å². The lowest BCUT2D eigenvalue weighted by Gasteiger charge is -2.40. The molecule has 1 aliphatic heterocycles. The zero-order chi connectivity index (χ0) is 14.9. The van der Waals surface area contributed by atoms with Crippen LogP contribution in [-0.2, 0) is 9.53 Å². The van der Waals surface area contributed by atoms with E-state index < -0.39 is 5.97 Å². The normalized spacial score (nSPS) is 30.5.